The lowest BCUT2D eigenvalue weighted by molar-refractivity contribution is -0.136. The number of imide groups is 1. The van der Waals surface area contributed by atoms with Gasteiger partial charge in [-0.1, -0.05) is 23.7 Å². The molecule has 5 aliphatic heterocycles. The van der Waals surface area contributed by atoms with Crippen molar-refractivity contribution in [2.24, 2.45) is 5.92 Å². The molecule has 5 heterocycles. The fraction of sp³-hybridized carbons (Fsp3) is 0.425. The number of fused-ring (bicyclic) bond motifs is 2. The standard InChI is InChI=1S/C40H41ClN6O5/c1-40(2)35(52-30-8-9-33(42-3)32(41)18-30)23-47(40)38(50)25-4-6-29(7-5-25)45-14-12-24(13-15-45)19-44-20-26-16-28-22-46(34-10-11-36(48)43-37(34)49)39(51)31(28)17-27(26)21-44/h4-9,16-18,24,34-35H,10-15,19-23H2,1-2H3,(H,43,48,49)/t34?,35-/m0/s1. The number of piperidine rings is 2. The highest BCUT2D eigenvalue weighted by Crippen LogP contribution is 2.38. The molecule has 3 saturated heterocycles. The first-order valence-electron chi connectivity index (χ1n) is 18.0. The molecule has 1 N–H and O–H groups in total. The van der Waals surface area contributed by atoms with Crippen molar-refractivity contribution in [3.63, 3.8) is 0 Å². The summed E-state index contributed by atoms with van der Waals surface area (Å²) >= 11 is 6.19. The Morgan fingerprint density at radius 2 is 1.69 bits per heavy atom. The van der Waals surface area contributed by atoms with Crippen molar-refractivity contribution < 1.29 is 23.9 Å². The lowest BCUT2D eigenvalue weighted by atomic mass is 9.84. The topological polar surface area (TPSA) is 107 Å². The van der Waals surface area contributed by atoms with Gasteiger partial charge in [0.1, 0.15) is 17.9 Å². The SMILES string of the molecule is [C-]#[N+]c1ccc(O[C@H]2CN(C(=O)c3ccc(N4CCC(CN5Cc6cc7c(cc6C5)C(=O)N(C5CCC(=O)NC5=O)C7)CC4)cc3)C2(C)C)cc1Cl. The summed E-state index contributed by atoms with van der Waals surface area (Å²) in [6.45, 7) is 16.6. The number of nitrogens with zero attached hydrogens (tertiary/aromatic N) is 5. The first-order valence-corrected chi connectivity index (χ1v) is 18.4. The molecule has 0 aliphatic carbocycles. The van der Waals surface area contributed by atoms with Crippen LogP contribution in [-0.4, -0.2) is 82.2 Å². The molecule has 12 heteroatoms. The zero-order valence-corrected chi connectivity index (χ0v) is 30.1. The van der Waals surface area contributed by atoms with E-state index in [9.17, 15) is 19.2 Å². The highest BCUT2D eigenvalue weighted by Gasteiger charge is 2.51. The fourth-order valence-corrected chi connectivity index (χ4v) is 8.62. The second-order valence-corrected chi connectivity index (χ2v) is 15.6. The zero-order chi connectivity index (χ0) is 36.3. The van der Waals surface area contributed by atoms with E-state index in [1.807, 2.05) is 49.1 Å². The van der Waals surface area contributed by atoms with Crippen molar-refractivity contribution >= 4 is 46.6 Å². The number of amides is 4. The molecular formula is C40H41ClN6O5. The van der Waals surface area contributed by atoms with Crippen LogP contribution < -0.4 is 15.0 Å². The molecule has 5 aliphatic rings. The molecule has 268 valence electrons. The van der Waals surface area contributed by atoms with E-state index in [4.69, 9.17) is 22.9 Å². The number of anilines is 1. The summed E-state index contributed by atoms with van der Waals surface area (Å²) in [7, 11) is 0. The molecule has 0 bridgehead atoms. The van der Waals surface area contributed by atoms with Gasteiger partial charge in [-0.05, 0) is 98.2 Å². The van der Waals surface area contributed by atoms with E-state index in [1.54, 1.807) is 23.1 Å². The highest BCUT2D eigenvalue weighted by molar-refractivity contribution is 6.33. The Hall–Kier alpha value is -4.92. The molecular weight excluding hydrogens is 680 g/mol. The summed E-state index contributed by atoms with van der Waals surface area (Å²) in [5, 5.41) is 2.73. The van der Waals surface area contributed by atoms with Crippen LogP contribution in [0.15, 0.2) is 54.6 Å². The smallest absolute Gasteiger partial charge is 0.255 e. The molecule has 1 unspecified atom stereocenters. The summed E-state index contributed by atoms with van der Waals surface area (Å²) in [5.41, 5.74) is 5.75. The van der Waals surface area contributed by atoms with Gasteiger partial charge >= 0.3 is 0 Å². The predicted octanol–water partition coefficient (Wildman–Crippen LogP) is 5.57. The molecule has 0 aromatic heterocycles. The van der Waals surface area contributed by atoms with Gasteiger partial charge < -0.3 is 19.4 Å². The Morgan fingerprint density at radius 1 is 0.962 bits per heavy atom. The molecule has 0 saturated carbocycles. The van der Waals surface area contributed by atoms with Crippen LogP contribution in [0.4, 0.5) is 11.4 Å². The Labute approximate surface area is 308 Å². The van der Waals surface area contributed by atoms with Gasteiger partial charge in [-0.15, -0.1) is 0 Å². The van der Waals surface area contributed by atoms with E-state index in [-0.39, 0.29) is 36.2 Å². The number of benzene rings is 3. The fourth-order valence-electron chi connectivity index (χ4n) is 8.41. The molecule has 3 aromatic carbocycles. The summed E-state index contributed by atoms with van der Waals surface area (Å²) in [5.74, 6) is 0.365. The number of ether oxygens (including phenoxy) is 1. The quantitative estimate of drug-likeness (QED) is 0.252. The minimum absolute atomic E-state index is 0.0238. The van der Waals surface area contributed by atoms with Gasteiger partial charge in [-0.3, -0.25) is 29.4 Å². The van der Waals surface area contributed by atoms with E-state index in [1.165, 1.54) is 11.1 Å². The third-order valence-corrected chi connectivity index (χ3v) is 11.9. The minimum atomic E-state index is -0.592. The van der Waals surface area contributed by atoms with Gasteiger partial charge in [0, 0.05) is 62.5 Å². The Balaban J connectivity index is 0.811. The summed E-state index contributed by atoms with van der Waals surface area (Å²) in [4.78, 5) is 62.5. The van der Waals surface area contributed by atoms with E-state index in [2.05, 4.69) is 26.0 Å². The van der Waals surface area contributed by atoms with Gasteiger partial charge in [-0.25, -0.2) is 4.85 Å². The summed E-state index contributed by atoms with van der Waals surface area (Å²) in [6.07, 6.45) is 2.60. The molecule has 11 nitrogen and oxygen atoms in total. The second kappa shape index (κ2) is 13.2. The first-order chi connectivity index (χ1) is 25.0. The van der Waals surface area contributed by atoms with Gasteiger partial charge in [-0.2, -0.15) is 0 Å². The second-order valence-electron chi connectivity index (χ2n) is 15.2. The average molecular weight is 721 g/mol. The average Bonchev–Trinajstić information content (AvgIpc) is 3.67. The van der Waals surface area contributed by atoms with Crippen LogP contribution in [0.3, 0.4) is 0 Å². The maximum absolute atomic E-state index is 13.5. The predicted molar refractivity (Wildman–Crippen MR) is 195 cm³/mol. The molecule has 3 fully saturated rings. The van der Waals surface area contributed by atoms with Crippen LogP contribution in [0, 0.1) is 12.5 Å². The Bertz CT molecular complexity index is 2020. The number of carbonyl (C=O) groups excluding carboxylic acids is 4. The minimum Gasteiger partial charge on any atom is -0.486 e. The van der Waals surface area contributed by atoms with Crippen molar-refractivity contribution in [2.75, 3.05) is 31.1 Å². The van der Waals surface area contributed by atoms with Crippen molar-refractivity contribution in [3.05, 3.63) is 98.9 Å². The van der Waals surface area contributed by atoms with Crippen LogP contribution in [0.1, 0.15) is 76.9 Å². The number of hydrogen-bond acceptors (Lipinski definition) is 7. The van der Waals surface area contributed by atoms with Crippen LogP contribution in [-0.2, 0) is 29.2 Å². The lowest BCUT2D eigenvalue weighted by Gasteiger charge is -2.54. The van der Waals surface area contributed by atoms with Crippen LogP contribution in [0.5, 0.6) is 5.75 Å². The number of rotatable bonds is 7. The maximum atomic E-state index is 13.5. The maximum Gasteiger partial charge on any atom is 0.255 e. The summed E-state index contributed by atoms with van der Waals surface area (Å²) in [6, 6.07) is 16.6. The lowest BCUT2D eigenvalue weighted by Crippen LogP contribution is -2.71. The third kappa shape index (κ3) is 6.18. The van der Waals surface area contributed by atoms with Gasteiger partial charge in [0.25, 0.3) is 11.8 Å². The number of halogens is 1. The number of nitrogens with one attached hydrogen (secondary N) is 1. The number of carbonyl (C=O) groups is 4. The Kier molecular flexibility index (Phi) is 8.71. The van der Waals surface area contributed by atoms with Crippen molar-refractivity contribution in [1.82, 2.24) is 20.0 Å². The summed E-state index contributed by atoms with van der Waals surface area (Å²) < 4.78 is 6.15. The molecule has 2 atom stereocenters. The number of hydrogen-bond donors (Lipinski definition) is 1. The van der Waals surface area contributed by atoms with E-state index in [0.29, 0.717) is 53.0 Å². The first kappa shape index (κ1) is 34.2. The zero-order valence-electron chi connectivity index (χ0n) is 29.4. The molecule has 0 spiro atoms. The molecule has 0 radical (unpaired) electrons. The van der Waals surface area contributed by atoms with Crippen molar-refractivity contribution in [1.29, 1.82) is 0 Å². The Morgan fingerprint density at radius 3 is 2.37 bits per heavy atom. The monoisotopic (exact) mass is 720 g/mol. The van der Waals surface area contributed by atoms with Crippen molar-refractivity contribution in [3.8, 4) is 5.75 Å². The van der Waals surface area contributed by atoms with Gasteiger partial charge in [0.2, 0.25) is 17.5 Å². The highest BCUT2D eigenvalue weighted by atomic mass is 35.5. The van der Waals surface area contributed by atoms with Gasteiger partial charge in [0.15, 0.2) is 0 Å². The van der Waals surface area contributed by atoms with Crippen LogP contribution in [0.2, 0.25) is 5.02 Å². The largest absolute Gasteiger partial charge is 0.486 e. The molecule has 3 aromatic rings. The van der Waals surface area contributed by atoms with Crippen LogP contribution in [0.25, 0.3) is 4.85 Å². The van der Waals surface area contributed by atoms with Gasteiger partial charge in [0.05, 0.1) is 23.7 Å². The van der Waals surface area contributed by atoms with Crippen molar-refractivity contribution in [2.45, 2.75) is 76.8 Å². The normalized spacial score (nSPS) is 22.8. The molecule has 4 amide bonds. The molecule has 52 heavy (non-hydrogen) atoms. The van der Waals surface area contributed by atoms with E-state index in [0.717, 1.165) is 56.8 Å². The number of likely N-dealkylation sites (tertiary alicyclic amines) is 1. The van der Waals surface area contributed by atoms with E-state index >= 15 is 0 Å². The third-order valence-electron chi connectivity index (χ3n) is 11.6. The van der Waals surface area contributed by atoms with Crippen LogP contribution >= 0.6 is 11.6 Å². The van der Waals surface area contributed by atoms with E-state index < -0.39 is 11.6 Å². The molecule has 8 rings (SSSR count).